The van der Waals surface area contributed by atoms with Crippen molar-refractivity contribution >= 4 is 38.1 Å². The summed E-state index contributed by atoms with van der Waals surface area (Å²) >= 11 is 1.38. The Kier molecular flexibility index (Phi) is 7.59. The van der Waals surface area contributed by atoms with Crippen LogP contribution >= 0.6 is 11.3 Å². The molecule has 0 aliphatic rings. The molecule has 8 heteroatoms. The molecular formula is C18H25N3O3S2. The van der Waals surface area contributed by atoms with Crippen molar-refractivity contribution in [2.75, 3.05) is 16.3 Å². The lowest BCUT2D eigenvalue weighted by atomic mass is 10.1. The number of aromatic nitrogens is 1. The first-order chi connectivity index (χ1) is 12.4. The Labute approximate surface area is 159 Å². The summed E-state index contributed by atoms with van der Waals surface area (Å²) in [7, 11) is -3.29. The number of hydrogen-bond donors (Lipinski definition) is 2. The molecule has 2 aromatic rings. The molecule has 2 N–H and O–H groups in total. The number of sulfonamides is 1. The number of hydrogen-bond acceptors (Lipinski definition) is 5. The van der Waals surface area contributed by atoms with Crippen LogP contribution in [0.3, 0.4) is 0 Å². The second-order valence-corrected chi connectivity index (χ2v) is 8.81. The van der Waals surface area contributed by atoms with E-state index >= 15 is 0 Å². The van der Waals surface area contributed by atoms with E-state index in [0.717, 1.165) is 30.4 Å². The minimum atomic E-state index is -3.29. The molecule has 0 saturated heterocycles. The number of benzene rings is 1. The molecule has 1 amide bonds. The molecule has 0 unspecified atom stereocenters. The third-order valence-electron chi connectivity index (χ3n) is 3.74. The van der Waals surface area contributed by atoms with Crippen LogP contribution in [0.25, 0.3) is 11.3 Å². The summed E-state index contributed by atoms with van der Waals surface area (Å²) in [6, 6.07) is 6.96. The number of unbranched alkanes of at least 4 members (excludes halogenated alkanes) is 4. The van der Waals surface area contributed by atoms with Crippen LogP contribution < -0.4 is 10.0 Å². The molecule has 1 aromatic heterocycles. The molecule has 142 valence electrons. The second-order valence-electron chi connectivity index (χ2n) is 6.20. The SMILES string of the molecule is CCCCCCCC(=O)Nc1nc(-c2ccc(NS(C)(=O)=O)cc2)cs1. The highest BCUT2D eigenvalue weighted by Gasteiger charge is 2.09. The Bertz CT molecular complexity index is 814. The topological polar surface area (TPSA) is 88.2 Å². The van der Waals surface area contributed by atoms with Gasteiger partial charge in [-0.3, -0.25) is 9.52 Å². The lowest BCUT2D eigenvalue weighted by molar-refractivity contribution is -0.116. The fourth-order valence-electron chi connectivity index (χ4n) is 2.46. The Morgan fingerprint density at radius 1 is 1.12 bits per heavy atom. The first-order valence-corrected chi connectivity index (χ1v) is 11.5. The highest BCUT2D eigenvalue weighted by molar-refractivity contribution is 7.92. The maximum absolute atomic E-state index is 12.0. The van der Waals surface area contributed by atoms with Gasteiger partial charge in [-0.25, -0.2) is 13.4 Å². The van der Waals surface area contributed by atoms with Gasteiger partial charge in [0.25, 0.3) is 0 Å². The zero-order valence-electron chi connectivity index (χ0n) is 15.1. The predicted octanol–water partition coefficient (Wildman–Crippen LogP) is 4.48. The highest BCUT2D eigenvalue weighted by atomic mass is 32.2. The summed E-state index contributed by atoms with van der Waals surface area (Å²) in [5.74, 6) is -0.00454. The van der Waals surface area contributed by atoms with Gasteiger partial charge in [-0.1, -0.05) is 44.7 Å². The molecule has 0 saturated carbocycles. The zero-order chi connectivity index (χ0) is 19.0. The molecule has 6 nitrogen and oxygen atoms in total. The summed E-state index contributed by atoms with van der Waals surface area (Å²) in [5.41, 5.74) is 2.11. The molecule has 2 rings (SSSR count). The fraction of sp³-hybridized carbons (Fsp3) is 0.444. The second kappa shape index (κ2) is 9.68. The number of carbonyl (C=O) groups is 1. The van der Waals surface area contributed by atoms with Gasteiger partial charge in [-0.2, -0.15) is 0 Å². The van der Waals surface area contributed by atoms with E-state index in [9.17, 15) is 13.2 Å². The monoisotopic (exact) mass is 395 g/mol. The molecule has 26 heavy (non-hydrogen) atoms. The van der Waals surface area contributed by atoms with E-state index in [4.69, 9.17) is 0 Å². The molecule has 0 bridgehead atoms. The third-order valence-corrected chi connectivity index (χ3v) is 5.11. The van der Waals surface area contributed by atoms with Gasteiger partial charge in [0.15, 0.2) is 5.13 Å². The van der Waals surface area contributed by atoms with Crippen LogP contribution in [0.2, 0.25) is 0 Å². The average Bonchev–Trinajstić information content (AvgIpc) is 3.02. The van der Waals surface area contributed by atoms with Crippen molar-refractivity contribution in [1.29, 1.82) is 0 Å². The highest BCUT2D eigenvalue weighted by Crippen LogP contribution is 2.26. The maximum atomic E-state index is 12.0. The Morgan fingerprint density at radius 2 is 1.81 bits per heavy atom. The van der Waals surface area contributed by atoms with Crippen LogP contribution in [0.4, 0.5) is 10.8 Å². The van der Waals surface area contributed by atoms with Gasteiger partial charge in [0.05, 0.1) is 11.9 Å². The van der Waals surface area contributed by atoms with Crippen LogP contribution in [0.15, 0.2) is 29.6 Å². The molecule has 0 radical (unpaired) electrons. The standard InChI is InChI=1S/C18H25N3O3S2/c1-3-4-5-6-7-8-17(22)20-18-19-16(13-25-18)14-9-11-15(12-10-14)21-26(2,23)24/h9-13,21H,3-8H2,1-2H3,(H,19,20,22). The molecule has 0 spiro atoms. The Morgan fingerprint density at radius 3 is 2.46 bits per heavy atom. The number of nitrogens with one attached hydrogen (secondary N) is 2. The van der Waals surface area contributed by atoms with Crippen molar-refractivity contribution in [2.45, 2.75) is 45.4 Å². The molecule has 0 aliphatic carbocycles. The van der Waals surface area contributed by atoms with Crippen molar-refractivity contribution in [3.8, 4) is 11.3 Å². The van der Waals surface area contributed by atoms with Gasteiger partial charge < -0.3 is 5.32 Å². The van der Waals surface area contributed by atoms with Crippen molar-refractivity contribution in [3.05, 3.63) is 29.6 Å². The zero-order valence-corrected chi connectivity index (χ0v) is 16.8. The van der Waals surface area contributed by atoms with Crippen molar-refractivity contribution < 1.29 is 13.2 Å². The van der Waals surface area contributed by atoms with Gasteiger partial charge in [-0.05, 0) is 18.6 Å². The number of amides is 1. The molecule has 1 aromatic carbocycles. The van der Waals surface area contributed by atoms with Crippen LogP contribution in [-0.4, -0.2) is 25.6 Å². The summed E-state index contributed by atoms with van der Waals surface area (Å²) in [6.45, 7) is 2.17. The maximum Gasteiger partial charge on any atom is 0.229 e. The minimum Gasteiger partial charge on any atom is -0.302 e. The molecule has 0 fully saturated rings. The first-order valence-electron chi connectivity index (χ1n) is 8.71. The number of thiazole rings is 1. The van der Waals surface area contributed by atoms with Crippen molar-refractivity contribution in [3.63, 3.8) is 0 Å². The lowest BCUT2D eigenvalue weighted by Gasteiger charge is -2.04. The van der Waals surface area contributed by atoms with E-state index < -0.39 is 10.0 Å². The van der Waals surface area contributed by atoms with Gasteiger partial charge in [0.2, 0.25) is 15.9 Å². The lowest BCUT2D eigenvalue weighted by Crippen LogP contribution is -2.10. The van der Waals surface area contributed by atoms with Crippen LogP contribution in [0, 0.1) is 0 Å². The fourth-order valence-corrected chi connectivity index (χ4v) is 3.76. The van der Waals surface area contributed by atoms with E-state index in [0.29, 0.717) is 17.2 Å². The Hall–Kier alpha value is -1.93. The molecule has 1 heterocycles. The van der Waals surface area contributed by atoms with E-state index in [1.165, 1.54) is 30.6 Å². The van der Waals surface area contributed by atoms with Crippen LogP contribution in [0.1, 0.15) is 45.4 Å². The van der Waals surface area contributed by atoms with Crippen LogP contribution in [-0.2, 0) is 14.8 Å². The summed E-state index contributed by atoms with van der Waals surface area (Å²) in [6.07, 6.45) is 7.20. The number of carbonyl (C=O) groups excluding carboxylic acids is 1. The Balaban J connectivity index is 1.88. The van der Waals surface area contributed by atoms with E-state index in [2.05, 4.69) is 21.9 Å². The largest absolute Gasteiger partial charge is 0.302 e. The first kappa shape index (κ1) is 20.4. The predicted molar refractivity (Wildman–Crippen MR) is 108 cm³/mol. The van der Waals surface area contributed by atoms with E-state index in [1.807, 2.05) is 5.38 Å². The average molecular weight is 396 g/mol. The van der Waals surface area contributed by atoms with Gasteiger partial charge in [-0.15, -0.1) is 11.3 Å². The molecule has 0 aliphatic heterocycles. The van der Waals surface area contributed by atoms with Gasteiger partial charge >= 0.3 is 0 Å². The summed E-state index contributed by atoms with van der Waals surface area (Å²) in [4.78, 5) is 16.4. The van der Waals surface area contributed by atoms with E-state index in [1.54, 1.807) is 24.3 Å². The van der Waals surface area contributed by atoms with E-state index in [-0.39, 0.29) is 5.91 Å². The van der Waals surface area contributed by atoms with Gasteiger partial charge in [0.1, 0.15) is 0 Å². The number of anilines is 2. The third kappa shape index (κ3) is 7.13. The van der Waals surface area contributed by atoms with Gasteiger partial charge in [0, 0.05) is 23.1 Å². The smallest absolute Gasteiger partial charge is 0.229 e. The number of nitrogens with zero attached hydrogens (tertiary/aromatic N) is 1. The van der Waals surface area contributed by atoms with Crippen molar-refractivity contribution in [1.82, 2.24) is 4.98 Å². The molecule has 0 atom stereocenters. The normalized spacial score (nSPS) is 11.3. The minimum absolute atomic E-state index is 0.00454. The molecular weight excluding hydrogens is 370 g/mol. The summed E-state index contributed by atoms with van der Waals surface area (Å²) in [5, 5.41) is 5.29. The van der Waals surface area contributed by atoms with Crippen LogP contribution in [0.5, 0.6) is 0 Å². The quantitative estimate of drug-likeness (QED) is 0.581. The van der Waals surface area contributed by atoms with Crippen molar-refractivity contribution in [2.24, 2.45) is 0 Å². The number of rotatable bonds is 10. The summed E-state index contributed by atoms with van der Waals surface area (Å²) < 4.78 is 24.9.